The number of carbonyl (C=O) groups is 1. The fourth-order valence-electron chi connectivity index (χ4n) is 1.57. The lowest BCUT2D eigenvalue weighted by Crippen LogP contribution is -2.20. The van der Waals surface area contributed by atoms with Crippen LogP contribution in [0.25, 0.3) is 0 Å². The fourth-order valence-corrected chi connectivity index (χ4v) is 1.74. The van der Waals surface area contributed by atoms with E-state index in [9.17, 15) is 9.18 Å². The first-order valence-corrected chi connectivity index (χ1v) is 6.03. The minimum Gasteiger partial charge on any atom is -0.307 e. The van der Waals surface area contributed by atoms with Crippen LogP contribution in [0.3, 0.4) is 0 Å². The van der Waals surface area contributed by atoms with Crippen LogP contribution in [-0.4, -0.2) is 6.03 Å². The third-order valence-corrected chi connectivity index (χ3v) is 2.80. The Bertz CT molecular complexity index is 616. The number of anilines is 2. The smallest absolute Gasteiger partial charge is 0.307 e. The molecule has 3 nitrogen and oxygen atoms in total. The Kier molecular flexibility index (Phi) is 4.02. The largest absolute Gasteiger partial charge is 0.323 e. The molecule has 0 fully saturated rings. The molecule has 0 bridgehead atoms. The molecular weight excluding hydrogens is 267 g/mol. The molecular formula is C14H12ClFN2O. The van der Waals surface area contributed by atoms with Gasteiger partial charge in [-0.3, -0.25) is 0 Å². The highest BCUT2D eigenvalue weighted by atomic mass is 35.5. The number of halogens is 2. The molecule has 19 heavy (non-hydrogen) atoms. The summed E-state index contributed by atoms with van der Waals surface area (Å²) >= 11 is 5.85. The molecule has 0 unspecified atom stereocenters. The first kappa shape index (κ1) is 13.4. The lowest BCUT2D eigenvalue weighted by molar-refractivity contribution is 0.262. The van der Waals surface area contributed by atoms with Crippen molar-refractivity contribution in [2.45, 2.75) is 6.92 Å². The molecule has 2 N–H and O–H groups in total. The van der Waals surface area contributed by atoms with E-state index in [0.29, 0.717) is 10.7 Å². The summed E-state index contributed by atoms with van der Waals surface area (Å²) in [7, 11) is 0. The third-order valence-electron chi connectivity index (χ3n) is 2.57. The van der Waals surface area contributed by atoms with Gasteiger partial charge in [0.25, 0.3) is 0 Å². The number of nitrogens with one attached hydrogen (secondary N) is 2. The van der Waals surface area contributed by atoms with E-state index >= 15 is 0 Å². The number of amides is 2. The summed E-state index contributed by atoms with van der Waals surface area (Å²) in [6.07, 6.45) is 0. The van der Waals surface area contributed by atoms with Crippen molar-refractivity contribution in [3.05, 3.63) is 58.9 Å². The summed E-state index contributed by atoms with van der Waals surface area (Å²) in [6, 6.07) is 10.6. The summed E-state index contributed by atoms with van der Waals surface area (Å²) in [4.78, 5) is 11.8. The molecule has 0 heterocycles. The van der Waals surface area contributed by atoms with Crippen LogP contribution in [0.4, 0.5) is 20.6 Å². The normalized spacial score (nSPS) is 10.1. The highest BCUT2D eigenvalue weighted by Crippen LogP contribution is 2.20. The number of aryl methyl sites for hydroxylation is 1. The molecule has 0 aromatic heterocycles. The maximum absolute atomic E-state index is 13.4. The Labute approximate surface area is 115 Å². The second kappa shape index (κ2) is 5.71. The van der Waals surface area contributed by atoms with E-state index in [2.05, 4.69) is 10.6 Å². The minimum atomic E-state index is -0.518. The van der Waals surface area contributed by atoms with E-state index in [1.807, 2.05) is 6.92 Å². The van der Waals surface area contributed by atoms with Crippen LogP contribution in [0.2, 0.25) is 5.02 Å². The van der Waals surface area contributed by atoms with E-state index in [1.54, 1.807) is 30.3 Å². The van der Waals surface area contributed by atoms with Gasteiger partial charge in [0.05, 0.1) is 5.69 Å². The van der Waals surface area contributed by atoms with Gasteiger partial charge in [-0.1, -0.05) is 29.8 Å². The Balaban J connectivity index is 2.10. The molecule has 0 aliphatic carbocycles. The third kappa shape index (κ3) is 3.45. The molecule has 2 aromatic carbocycles. The van der Waals surface area contributed by atoms with E-state index in [4.69, 9.17) is 11.6 Å². The standard InChI is InChI=1S/C14H12ClFN2O/c1-9-6-7-10(15)8-13(9)18-14(19)17-12-5-3-2-4-11(12)16/h2-8H,1H3,(H2,17,18,19). The predicted octanol–water partition coefficient (Wildman–Crippen LogP) is 4.43. The van der Waals surface area contributed by atoms with Gasteiger partial charge in [-0.05, 0) is 36.8 Å². The van der Waals surface area contributed by atoms with Gasteiger partial charge in [-0.2, -0.15) is 0 Å². The van der Waals surface area contributed by atoms with E-state index in [1.165, 1.54) is 12.1 Å². The number of urea groups is 1. The number of hydrogen-bond donors (Lipinski definition) is 2. The molecule has 0 aliphatic rings. The van der Waals surface area contributed by atoms with Gasteiger partial charge < -0.3 is 10.6 Å². The van der Waals surface area contributed by atoms with E-state index in [0.717, 1.165) is 5.56 Å². The Hall–Kier alpha value is -2.07. The summed E-state index contributed by atoms with van der Waals surface area (Å²) in [6.45, 7) is 1.84. The van der Waals surface area contributed by atoms with Crippen LogP contribution in [0, 0.1) is 12.7 Å². The highest BCUT2D eigenvalue weighted by Gasteiger charge is 2.08. The molecule has 0 saturated heterocycles. The Morgan fingerprint density at radius 1 is 1.11 bits per heavy atom. The predicted molar refractivity (Wildman–Crippen MR) is 75.2 cm³/mol. The zero-order chi connectivity index (χ0) is 13.8. The van der Waals surface area contributed by atoms with Crippen molar-refractivity contribution in [2.75, 3.05) is 10.6 Å². The maximum Gasteiger partial charge on any atom is 0.323 e. The summed E-state index contributed by atoms with van der Waals surface area (Å²) in [5, 5.41) is 5.58. The van der Waals surface area contributed by atoms with Crippen LogP contribution < -0.4 is 10.6 Å². The summed E-state index contributed by atoms with van der Waals surface area (Å²) in [5.41, 5.74) is 1.58. The molecule has 2 rings (SSSR count). The Morgan fingerprint density at radius 2 is 1.79 bits per heavy atom. The minimum absolute atomic E-state index is 0.125. The summed E-state index contributed by atoms with van der Waals surface area (Å²) in [5.74, 6) is -0.486. The zero-order valence-corrected chi connectivity index (χ0v) is 11.0. The molecule has 0 radical (unpaired) electrons. The van der Waals surface area contributed by atoms with Gasteiger partial charge in [0.15, 0.2) is 0 Å². The fraction of sp³-hybridized carbons (Fsp3) is 0.0714. The van der Waals surface area contributed by atoms with Crippen molar-refractivity contribution < 1.29 is 9.18 Å². The highest BCUT2D eigenvalue weighted by molar-refractivity contribution is 6.31. The lowest BCUT2D eigenvalue weighted by atomic mass is 10.2. The molecule has 98 valence electrons. The van der Waals surface area contributed by atoms with Crippen molar-refractivity contribution in [1.82, 2.24) is 0 Å². The molecule has 5 heteroatoms. The maximum atomic E-state index is 13.4. The zero-order valence-electron chi connectivity index (χ0n) is 10.2. The Morgan fingerprint density at radius 3 is 2.53 bits per heavy atom. The van der Waals surface area contributed by atoms with Gasteiger partial charge in [-0.15, -0.1) is 0 Å². The molecule has 0 spiro atoms. The first-order chi connectivity index (χ1) is 9.06. The van der Waals surface area contributed by atoms with Gasteiger partial charge in [0, 0.05) is 10.7 Å². The van der Waals surface area contributed by atoms with Gasteiger partial charge >= 0.3 is 6.03 Å². The van der Waals surface area contributed by atoms with Gasteiger partial charge in [-0.25, -0.2) is 9.18 Å². The van der Waals surface area contributed by atoms with Crippen LogP contribution in [0.1, 0.15) is 5.56 Å². The molecule has 0 atom stereocenters. The van der Waals surface area contributed by atoms with E-state index in [-0.39, 0.29) is 5.69 Å². The van der Waals surface area contributed by atoms with Crippen molar-refractivity contribution >= 4 is 29.0 Å². The SMILES string of the molecule is Cc1ccc(Cl)cc1NC(=O)Nc1ccccc1F. The average molecular weight is 279 g/mol. The first-order valence-electron chi connectivity index (χ1n) is 5.65. The quantitative estimate of drug-likeness (QED) is 0.838. The van der Waals surface area contributed by atoms with Crippen LogP contribution in [0.5, 0.6) is 0 Å². The van der Waals surface area contributed by atoms with Crippen molar-refractivity contribution in [1.29, 1.82) is 0 Å². The molecule has 2 aromatic rings. The number of para-hydroxylation sites is 1. The molecule has 2 amide bonds. The van der Waals surface area contributed by atoms with Crippen molar-refractivity contribution in [2.24, 2.45) is 0 Å². The van der Waals surface area contributed by atoms with Gasteiger partial charge in [0.2, 0.25) is 0 Å². The van der Waals surface area contributed by atoms with E-state index < -0.39 is 11.8 Å². The lowest BCUT2D eigenvalue weighted by Gasteiger charge is -2.10. The topological polar surface area (TPSA) is 41.1 Å². The molecule has 0 aliphatic heterocycles. The van der Waals surface area contributed by atoms with Crippen LogP contribution in [0.15, 0.2) is 42.5 Å². The van der Waals surface area contributed by atoms with Gasteiger partial charge in [0.1, 0.15) is 5.82 Å². The van der Waals surface area contributed by atoms with Crippen LogP contribution >= 0.6 is 11.6 Å². The second-order valence-corrected chi connectivity index (χ2v) is 4.45. The second-order valence-electron chi connectivity index (χ2n) is 4.02. The number of benzene rings is 2. The number of carbonyl (C=O) groups excluding carboxylic acids is 1. The summed E-state index contributed by atoms with van der Waals surface area (Å²) < 4.78 is 13.4. The van der Waals surface area contributed by atoms with Crippen molar-refractivity contribution in [3.8, 4) is 0 Å². The monoisotopic (exact) mass is 278 g/mol. The average Bonchev–Trinajstić information content (AvgIpc) is 2.37. The van der Waals surface area contributed by atoms with Crippen LogP contribution in [-0.2, 0) is 0 Å². The van der Waals surface area contributed by atoms with Crippen molar-refractivity contribution in [3.63, 3.8) is 0 Å². The number of rotatable bonds is 2. The number of hydrogen-bond acceptors (Lipinski definition) is 1. The molecule has 0 saturated carbocycles.